The van der Waals surface area contributed by atoms with Crippen LogP contribution in [0.1, 0.15) is 28.5 Å². The Balaban J connectivity index is 1.58. The van der Waals surface area contributed by atoms with Gasteiger partial charge in [-0.15, -0.1) is 0 Å². The number of aromatic amines is 1. The van der Waals surface area contributed by atoms with Gasteiger partial charge in [0.25, 0.3) is 11.5 Å². The number of hydrogen-bond acceptors (Lipinski definition) is 5. The minimum Gasteiger partial charge on any atom is -0.481 e. The first-order valence-corrected chi connectivity index (χ1v) is 9.69. The number of aromatic nitrogens is 3. The van der Waals surface area contributed by atoms with Crippen molar-refractivity contribution in [1.82, 2.24) is 19.9 Å². The van der Waals surface area contributed by atoms with Crippen LogP contribution < -0.4 is 10.3 Å². The molecule has 0 saturated carbocycles. The molecule has 2 aromatic heterocycles. The predicted molar refractivity (Wildman–Crippen MR) is 109 cm³/mol. The zero-order valence-electron chi connectivity index (χ0n) is 16.1. The fraction of sp³-hybridized carbons (Fsp3) is 0.238. The smallest absolute Gasteiger partial charge is 0.253 e. The Morgan fingerprint density at radius 2 is 2.17 bits per heavy atom. The minimum absolute atomic E-state index is 0.0966. The van der Waals surface area contributed by atoms with E-state index in [9.17, 15) is 14.0 Å². The molecule has 7 nitrogen and oxygen atoms in total. The van der Waals surface area contributed by atoms with Gasteiger partial charge in [0.15, 0.2) is 0 Å². The lowest BCUT2D eigenvalue weighted by Gasteiger charge is -2.17. The molecule has 3 aromatic rings. The number of H-pyrrole nitrogens is 1. The molecule has 0 spiro atoms. The molecule has 1 atom stereocenters. The minimum atomic E-state index is -0.572. The van der Waals surface area contributed by atoms with Crippen LogP contribution in [0, 0.1) is 5.82 Å². The highest BCUT2D eigenvalue weighted by Crippen LogP contribution is 2.29. The standard InChI is InChI=1S/C21H18ClFN4O3/c1-30-20-14(3-2-7-24-20)17-10-18(28)26-19(25-17)13-6-8-27(11-13)21(29)12-4-5-16(23)15(22)9-12/h2-5,7,9-10,13H,6,8,11H2,1H3,(H,25,26,28)/t13-/m0/s1. The highest BCUT2D eigenvalue weighted by atomic mass is 35.5. The number of pyridine rings is 1. The molecule has 1 fully saturated rings. The molecule has 1 aliphatic heterocycles. The van der Waals surface area contributed by atoms with Gasteiger partial charge >= 0.3 is 0 Å². The van der Waals surface area contributed by atoms with Gasteiger partial charge < -0.3 is 14.6 Å². The second kappa shape index (κ2) is 8.23. The second-order valence-electron chi connectivity index (χ2n) is 6.94. The zero-order valence-corrected chi connectivity index (χ0v) is 16.8. The van der Waals surface area contributed by atoms with Gasteiger partial charge in [-0.2, -0.15) is 0 Å². The lowest BCUT2D eigenvalue weighted by Crippen LogP contribution is -2.29. The highest BCUT2D eigenvalue weighted by Gasteiger charge is 2.30. The molecule has 30 heavy (non-hydrogen) atoms. The number of amides is 1. The van der Waals surface area contributed by atoms with E-state index in [0.717, 1.165) is 0 Å². The second-order valence-corrected chi connectivity index (χ2v) is 7.35. The Bertz CT molecular complexity index is 1170. The fourth-order valence-corrected chi connectivity index (χ4v) is 3.72. The van der Waals surface area contributed by atoms with Crippen molar-refractivity contribution in [1.29, 1.82) is 0 Å². The molecule has 1 saturated heterocycles. The molecular weight excluding hydrogens is 411 g/mol. The van der Waals surface area contributed by atoms with E-state index in [2.05, 4.69) is 15.0 Å². The van der Waals surface area contributed by atoms with E-state index >= 15 is 0 Å². The first kappa shape index (κ1) is 20.0. The fourth-order valence-electron chi connectivity index (χ4n) is 3.54. The lowest BCUT2D eigenvalue weighted by atomic mass is 10.1. The maximum absolute atomic E-state index is 13.4. The predicted octanol–water partition coefficient (Wildman–Crippen LogP) is 3.26. The normalized spacial score (nSPS) is 16.0. The largest absolute Gasteiger partial charge is 0.481 e. The van der Waals surface area contributed by atoms with Crippen LogP contribution in [-0.4, -0.2) is 46.0 Å². The van der Waals surface area contributed by atoms with Crippen molar-refractivity contribution in [3.8, 4) is 17.1 Å². The highest BCUT2D eigenvalue weighted by molar-refractivity contribution is 6.31. The Morgan fingerprint density at radius 3 is 2.93 bits per heavy atom. The number of methoxy groups -OCH3 is 1. The number of rotatable bonds is 4. The number of carbonyl (C=O) groups excluding carboxylic acids is 1. The molecule has 1 amide bonds. The van der Waals surface area contributed by atoms with E-state index in [1.165, 1.54) is 31.4 Å². The maximum Gasteiger partial charge on any atom is 0.253 e. The van der Waals surface area contributed by atoms with Crippen molar-refractivity contribution in [2.45, 2.75) is 12.3 Å². The summed E-state index contributed by atoms with van der Waals surface area (Å²) in [5.41, 5.74) is 1.08. The third kappa shape index (κ3) is 3.91. The molecular formula is C21H18ClFN4O3. The number of likely N-dealkylation sites (tertiary alicyclic amines) is 1. The Morgan fingerprint density at radius 1 is 1.33 bits per heavy atom. The van der Waals surface area contributed by atoms with Crippen molar-refractivity contribution < 1.29 is 13.9 Å². The number of carbonyl (C=O) groups is 1. The summed E-state index contributed by atoms with van der Waals surface area (Å²) in [6.07, 6.45) is 2.23. The topological polar surface area (TPSA) is 88.2 Å². The Labute approximate surface area is 176 Å². The third-order valence-electron chi connectivity index (χ3n) is 5.03. The van der Waals surface area contributed by atoms with Crippen LogP contribution in [0.2, 0.25) is 5.02 Å². The van der Waals surface area contributed by atoms with E-state index in [4.69, 9.17) is 16.3 Å². The number of hydrogen-bond donors (Lipinski definition) is 1. The van der Waals surface area contributed by atoms with Gasteiger partial charge in [0.2, 0.25) is 5.88 Å². The van der Waals surface area contributed by atoms with Gasteiger partial charge in [-0.3, -0.25) is 9.59 Å². The van der Waals surface area contributed by atoms with E-state index in [-0.39, 0.29) is 22.4 Å². The molecule has 0 aliphatic carbocycles. The lowest BCUT2D eigenvalue weighted by molar-refractivity contribution is 0.0790. The van der Waals surface area contributed by atoms with Crippen LogP contribution in [0.4, 0.5) is 4.39 Å². The van der Waals surface area contributed by atoms with E-state index < -0.39 is 5.82 Å². The summed E-state index contributed by atoms with van der Waals surface area (Å²) in [5.74, 6) is -0.0854. The van der Waals surface area contributed by atoms with Crippen molar-refractivity contribution in [2.24, 2.45) is 0 Å². The molecule has 3 heterocycles. The quantitative estimate of drug-likeness (QED) is 0.689. The summed E-state index contributed by atoms with van der Waals surface area (Å²) in [5, 5.41) is -0.0966. The van der Waals surface area contributed by atoms with Crippen LogP contribution in [0.5, 0.6) is 5.88 Å². The number of halogens is 2. The summed E-state index contributed by atoms with van der Waals surface area (Å²) >= 11 is 5.80. The summed E-state index contributed by atoms with van der Waals surface area (Å²) in [6.45, 7) is 0.868. The first-order chi connectivity index (χ1) is 14.5. The molecule has 9 heteroatoms. The summed E-state index contributed by atoms with van der Waals surface area (Å²) in [4.78, 5) is 38.2. The maximum atomic E-state index is 13.4. The number of benzene rings is 1. The van der Waals surface area contributed by atoms with Gasteiger partial charge in [0, 0.05) is 36.8 Å². The van der Waals surface area contributed by atoms with E-state index in [0.29, 0.717) is 48.0 Å². The van der Waals surface area contributed by atoms with Gasteiger partial charge in [-0.05, 0) is 36.8 Å². The first-order valence-electron chi connectivity index (χ1n) is 9.31. The SMILES string of the molecule is COc1ncccc1-c1cc(=O)[nH]c([C@H]2CCN(C(=O)c3ccc(F)c(Cl)c3)C2)n1. The third-order valence-corrected chi connectivity index (χ3v) is 5.32. The molecule has 0 radical (unpaired) electrons. The average Bonchev–Trinajstić information content (AvgIpc) is 3.25. The van der Waals surface area contributed by atoms with Gasteiger partial charge in [-0.25, -0.2) is 14.4 Å². The Hall–Kier alpha value is -3.26. The van der Waals surface area contributed by atoms with Crippen LogP contribution in [0.3, 0.4) is 0 Å². The monoisotopic (exact) mass is 428 g/mol. The van der Waals surface area contributed by atoms with Crippen LogP contribution >= 0.6 is 11.6 Å². The number of nitrogens with zero attached hydrogens (tertiary/aromatic N) is 3. The number of nitrogens with one attached hydrogen (secondary N) is 1. The van der Waals surface area contributed by atoms with Gasteiger partial charge in [-0.1, -0.05) is 11.6 Å². The van der Waals surface area contributed by atoms with Crippen LogP contribution in [-0.2, 0) is 0 Å². The molecule has 1 aromatic carbocycles. The van der Waals surface area contributed by atoms with Crippen molar-refractivity contribution in [3.63, 3.8) is 0 Å². The van der Waals surface area contributed by atoms with E-state index in [1.54, 1.807) is 23.2 Å². The molecule has 0 bridgehead atoms. The summed E-state index contributed by atoms with van der Waals surface area (Å²) in [6, 6.07) is 8.81. The Kier molecular flexibility index (Phi) is 5.50. The zero-order chi connectivity index (χ0) is 21.3. The molecule has 4 rings (SSSR count). The molecule has 0 unspecified atom stereocenters. The van der Waals surface area contributed by atoms with Crippen molar-refractivity contribution in [2.75, 3.05) is 20.2 Å². The van der Waals surface area contributed by atoms with Crippen LogP contribution in [0.25, 0.3) is 11.3 Å². The molecule has 1 N–H and O–H groups in total. The van der Waals surface area contributed by atoms with Crippen LogP contribution in [0.15, 0.2) is 47.4 Å². The summed E-state index contributed by atoms with van der Waals surface area (Å²) < 4.78 is 18.6. The van der Waals surface area contributed by atoms with Crippen molar-refractivity contribution >= 4 is 17.5 Å². The van der Waals surface area contributed by atoms with Crippen molar-refractivity contribution in [3.05, 3.63) is 75.2 Å². The number of ether oxygens (including phenoxy) is 1. The van der Waals surface area contributed by atoms with Gasteiger partial charge in [0.1, 0.15) is 11.6 Å². The average molecular weight is 429 g/mol. The molecule has 154 valence electrons. The molecule has 1 aliphatic rings. The summed E-state index contributed by atoms with van der Waals surface area (Å²) in [7, 11) is 1.50. The van der Waals surface area contributed by atoms with E-state index in [1.807, 2.05) is 0 Å². The van der Waals surface area contributed by atoms with Gasteiger partial charge in [0.05, 0.1) is 23.4 Å².